The summed E-state index contributed by atoms with van der Waals surface area (Å²) in [7, 11) is 1.06. The van der Waals surface area contributed by atoms with Crippen LogP contribution in [0.1, 0.15) is 49.1 Å². The van der Waals surface area contributed by atoms with Crippen molar-refractivity contribution < 1.29 is 41.3 Å². The minimum absolute atomic E-state index is 0.121. The summed E-state index contributed by atoms with van der Waals surface area (Å²) in [4.78, 5) is 17.4. The smallest absolute Gasteiger partial charge is 0.417 e. The van der Waals surface area contributed by atoms with E-state index in [0.29, 0.717) is 24.1 Å². The highest BCUT2D eigenvalue weighted by molar-refractivity contribution is 5.95. The maximum absolute atomic E-state index is 14.4. The molecule has 184 valence electrons. The molecule has 4 rings (SSSR count). The van der Waals surface area contributed by atoms with Crippen molar-refractivity contribution in [1.29, 1.82) is 0 Å². The van der Waals surface area contributed by atoms with Crippen molar-refractivity contribution in [3.63, 3.8) is 0 Å². The van der Waals surface area contributed by atoms with E-state index in [0.717, 1.165) is 26.2 Å². The Morgan fingerprint density at radius 1 is 1.29 bits per heavy atom. The number of carbonyl (C=O) groups is 1. The number of fused-ring (bicyclic) bond motifs is 1. The Kier molecular flexibility index (Phi) is 6.05. The van der Waals surface area contributed by atoms with Gasteiger partial charge < -0.3 is 19.9 Å². The van der Waals surface area contributed by atoms with Gasteiger partial charge in [-0.25, -0.2) is 4.39 Å². The average Bonchev–Trinajstić information content (AvgIpc) is 3.27. The van der Waals surface area contributed by atoms with Gasteiger partial charge in [0, 0.05) is 28.7 Å². The molecule has 1 aliphatic carbocycles. The fraction of sp³-hybridized carbons (Fsp3) is 0.478. The molecular weight excluding hydrogens is 463 g/mol. The lowest BCUT2D eigenvalue weighted by molar-refractivity contribution is -0.272. The van der Waals surface area contributed by atoms with Crippen LogP contribution in [0.15, 0.2) is 24.4 Å². The molecule has 34 heavy (non-hydrogen) atoms. The number of nitrogens with zero attached hydrogens (tertiary/aromatic N) is 1. The Morgan fingerprint density at radius 2 is 2.00 bits per heavy atom. The Balaban J connectivity index is 1.74. The number of nitrogens with one attached hydrogen (secondary N) is 1. The Labute approximate surface area is 192 Å². The number of carbonyl (C=O) groups excluding carboxylic acids is 1. The highest BCUT2D eigenvalue weighted by Gasteiger charge is 2.65. The standard InChI is InChI=1S/C23H23F5N2O4/c1-10-17(12-4-5-14(24)18(25)19(12)33-3)20(34-22(10,2)23(26,27)28)21(32)30-11-8-13-15(29-9-11)6-7-16(13)31/h4-5,8-10,16-17,20,31H,6-7H2,1-3H3,(H,30,32)/t10-,16-,17-,20+,22+/m0/s1. The van der Waals surface area contributed by atoms with Crippen LogP contribution in [0.25, 0.3) is 0 Å². The second kappa shape index (κ2) is 8.46. The van der Waals surface area contributed by atoms with Crippen LogP contribution >= 0.6 is 0 Å². The van der Waals surface area contributed by atoms with Crippen molar-refractivity contribution in [1.82, 2.24) is 4.98 Å². The first-order valence-corrected chi connectivity index (χ1v) is 10.6. The molecule has 2 N–H and O–H groups in total. The molecule has 0 spiro atoms. The molecule has 1 fully saturated rings. The first-order valence-electron chi connectivity index (χ1n) is 10.6. The van der Waals surface area contributed by atoms with Crippen LogP contribution in [0.4, 0.5) is 27.6 Å². The highest BCUT2D eigenvalue weighted by atomic mass is 19.4. The van der Waals surface area contributed by atoms with Gasteiger partial charge in [-0.3, -0.25) is 9.78 Å². The molecule has 5 atom stereocenters. The number of amides is 1. The molecular formula is C23H23F5N2O4. The first-order chi connectivity index (χ1) is 15.9. The number of ether oxygens (including phenoxy) is 2. The molecule has 2 aromatic rings. The summed E-state index contributed by atoms with van der Waals surface area (Å²) in [6, 6.07) is 3.37. The van der Waals surface area contributed by atoms with E-state index in [2.05, 4.69) is 10.3 Å². The first kappa shape index (κ1) is 24.3. The maximum atomic E-state index is 14.4. The van der Waals surface area contributed by atoms with Crippen molar-refractivity contribution in [2.24, 2.45) is 5.92 Å². The van der Waals surface area contributed by atoms with Crippen LogP contribution in [-0.4, -0.2) is 41.0 Å². The lowest BCUT2D eigenvalue weighted by Crippen LogP contribution is -2.47. The molecule has 6 nitrogen and oxygen atoms in total. The van der Waals surface area contributed by atoms with Gasteiger partial charge in [-0.1, -0.05) is 13.0 Å². The lowest BCUT2D eigenvalue weighted by Gasteiger charge is -2.32. The number of alkyl halides is 3. The number of rotatable bonds is 4. The SMILES string of the molecule is COc1c([C@H]2[C@H](C(=O)Nc3cnc4c(c3)[C@@H](O)CC4)O[C@@](C)(C(F)(F)F)[C@H]2C)ccc(F)c1F. The molecule has 2 aliphatic rings. The van der Waals surface area contributed by atoms with E-state index in [9.17, 15) is 31.9 Å². The van der Waals surface area contributed by atoms with E-state index in [1.54, 1.807) is 0 Å². The fourth-order valence-electron chi connectivity index (χ4n) is 4.76. The molecule has 1 aromatic heterocycles. The van der Waals surface area contributed by atoms with Crippen molar-refractivity contribution in [2.45, 2.75) is 56.6 Å². The van der Waals surface area contributed by atoms with Gasteiger partial charge in [-0.2, -0.15) is 17.6 Å². The number of hydrogen-bond donors (Lipinski definition) is 2. The number of aryl methyl sites for hydroxylation is 1. The number of aromatic nitrogens is 1. The van der Waals surface area contributed by atoms with Crippen molar-refractivity contribution in [2.75, 3.05) is 12.4 Å². The maximum Gasteiger partial charge on any atom is 0.417 e. The van der Waals surface area contributed by atoms with E-state index in [1.807, 2.05) is 0 Å². The van der Waals surface area contributed by atoms with Crippen molar-refractivity contribution >= 4 is 11.6 Å². The van der Waals surface area contributed by atoms with E-state index >= 15 is 0 Å². The number of methoxy groups -OCH3 is 1. The molecule has 1 aliphatic heterocycles. The monoisotopic (exact) mass is 486 g/mol. The minimum atomic E-state index is -4.86. The van der Waals surface area contributed by atoms with Gasteiger partial charge in [-0.05, 0) is 31.9 Å². The zero-order valence-corrected chi connectivity index (χ0v) is 18.5. The Bertz CT molecular complexity index is 1130. The summed E-state index contributed by atoms with van der Waals surface area (Å²) in [5.41, 5.74) is -1.51. The third-order valence-corrected chi connectivity index (χ3v) is 6.86. The van der Waals surface area contributed by atoms with Crippen LogP contribution in [0, 0.1) is 17.6 Å². The summed E-state index contributed by atoms with van der Waals surface area (Å²) in [5.74, 6) is -6.80. The topological polar surface area (TPSA) is 80.7 Å². The Hall–Kier alpha value is -2.79. The van der Waals surface area contributed by atoms with Crippen LogP contribution in [0.2, 0.25) is 0 Å². The number of pyridine rings is 1. The summed E-state index contributed by atoms with van der Waals surface area (Å²) >= 11 is 0. The summed E-state index contributed by atoms with van der Waals surface area (Å²) < 4.78 is 80.5. The number of aliphatic hydroxyl groups excluding tert-OH is 1. The van der Waals surface area contributed by atoms with Gasteiger partial charge in [0.25, 0.3) is 5.91 Å². The predicted octanol–water partition coefficient (Wildman–Crippen LogP) is 4.43. The molecule has 1 amide bonds. The van der Waals surface area contributed by atoms with Gasteiger partial charge in [0.05, 0.1) is 25.1 Å². The highest BCUT2D eigenvalue weighted by Crippen LogP contribution is 2.55. The number of aliphatic hydroxyl groups is 1. The number of hydrogen-bond acceptors (Lipinski definition) is 5. The molecule has 1 saturated heterocycles. The number of anilines is 1. The number of benzene rings is 1. The summed E-state index contributed by atoms with van der Waals surface area (Å²) in [5, 5.41) is 12.6. The van der Waals surface area contributed by atoms with E-state index in [4.69, 9.17) is 9.47 Å². The van der Waals surface area contributed by atoms with Gasteiger partial charge >= 0.3 is 6.18 Å². The summed E-state index contributed by atoms with van der Waals surface area (Å²) in [6.45, 7) is 2.05. The minimum Gasteiger partial charge on any atom is -0.493 e. The molecule has 0 bridgehead atoms. The quantitative estimate of drug-likeness (QED) is 0.626. The van der Waals surface area contributed by atoms with Crippen molar-refractivity contribution in [3.8, 4) is 5.75 Å². The summed E-state index contributed by atoms with van der Waals surface area (Å²) in [6.07, 6.45) is -4.94. The van der Waals surface area contributed by atoms with Gasteiger partial charge in [0.1, 0.15) is 6.10 Å². The van der Waals surface area contributed by atoms with E-state index < -0.39 is 59.1 Å². The fourth-order valence-corrected chi connectivity index (χ4v) is 4.76. The largest absolute Gasteiger partial charge is 0.493 e. The van der Waals surface area contributed by atoms with Crippen LogP contribution in [0.3, 0.4) is 0 Å². The van der Waals surface area contributed by atoms with Crippen LogP contribution < -0.4 is 10.1 Å². The predicted molar refractivity (Wildman–Crippen MR) is 110 cm³/mol. The third-order valence-electron chi connectivity index (χ3n) is 6.86. The van der Waals surface area contributed by atoms with Gasteiger partial charge in [-0.15, -0.1) is 0 Å². The second-order valence-electron chi connectivity index (χ2n) is 8.75. The van der Waals surface area contributed by atoms with E-state index in [-0.39, 0.29) is 11.3 Å². The van der Waals surface area contributed by atoms with Crippen molar-refractivity contribution in [3.05, 3.63) is 52.9 Å². The van der Waals surface area contributed by atoms with Crippen LogP contribution in [0.5, 0.6) is 5.75 Å². The molecule has 2 heterocycles. The number of halogens is 5. The second-order valence-corrected chi connectivity index (χ2v) is 8.75. The average molecular weight is 486 g/mol. The van der Waals surface area contributed by atoms with Crippen LogP contribution in [-0.2, 0) is 16.0 Å². The molecule has 0 radical (unpaired) electrons. The van der Waals surface area contributed by atoms with Gasteiger partial charge in [0.2, 0.25) is 5.82 Å². The zero-order chi connectivity index (χ0) is 25.0. The molecule has 0 unspecified atom stereocenters. The zero-order valence-electron chi connectivity index (χ0n) is 18.5. The molecule has 0 saturated carbocycles. The lowest BCUT2D eigenvalue weighted by atomic mass is 9.77. The Morgan fingerprint density at radius 3 is 2.65 bits per heavy atom. The third kappa shape index (κ3) is 3.80. The van der Waals surface area contributed by atoms with Gasteiger partial charge in [0.15, 0.2) is 17.2 Å². The molecule has 11 heteroatoms. The normalized spacial score (nSPS) is 28.6. The molecule has 1 aromatic carbocycles. The van der Waals surface area contributed by atoms with E-state index in [1.165, 1.54) is 19.2 Å².